The van der Waals surface area contributed by atoms with Crippen LogP contribution in [0.2, 0.25) is 0 Å². The van der Waals surface area contributed by atoms with Gasteiger partial charge < -0.3 is 9.47 Å². The van der Waals surface area contributed by atoms with Crippen LogP contribution in [0.25, 0.3) is 0 Å². The largest absolute Gasteiger partial charge is 0.466 e. The molecule has 0 aromatic carbocycles. The Hall–Kier alpha value is -1.22. The van der Waals surface area contributed by atoms with Crippen LogP contribution in [0, 0.1) is 10.8 Å². The minimum atomic E-state index is -0.432. The van der Waals surface area contributed by atoms with Crippen molar-refractivity contribution >= 4 is 11.9 Å². The van der Waals surface area contributed by atoms with Crippen LogP contribution >= 0.6 is 0 Å². The molecule has 4 heterocycles. The van der Waals surface area contributed by atoms with Gasteiger partial charge in [-0.25, -0.2) is 0 Å². The summed E-state index contributed by atoms with van der Waals surface area (Å²) in [5.41, 5.74) is -0.606. The van der Waals surface area contributed by atoms with Gasteiger partial charge in [0.2, 0.25) is 0 Å². The molecule has 0 aromatic heterocycles. The van der Waals surface area contributed by atoms with Crippen LogP contribution in [0.4, 0.5) is 0 Å². The van der Waals surface area contributed by atoms with Crippen LogP contribution in [-0.4, -0.2) is 108 Å². The van der Waals surface area contributed by atoms with Crippen LogP contribution in [-0.2, 0) is 19.1 Å². The number of hydrogen-bond donors (Lipinski definition) is 0. The second-order valence-corrected chi connectivity index (χ2v) is 13.7. The quantitative estimate of drug-likeness (QED) is 0.167. The molecule has 0 aliphatic carbocycles. The molecule has 4 saturated heterocycles. The van der Waals surface area contributed by atoms with Gasteiger partial charge in [0.15, 0.2) is 0 Å². The monoisotopic (exact) mass is 564 g/mol. The van der Waals surface area contributed by atoms with Crippen molar-refractivity contribution in [2.24, 2.45) is 10.8 Å². The Balaban J connectivity index is 0.000000220. The summed E-state index contributed by atoms with van der Waals surface area (Å²) in [5, 5.41) is 0. The van der Waals surface area contributed by atoms with Crippen LogP contribution < -0.4 is 0 Å². The average molecular weight is 565 g/mol. The summed E-state index contributed by atoms with van der Waals surface area (Å²) < 4.78 is 10.5. The molecule has 2 spiro atoms. The molecule has 0 aromatic rings. The van der Waals surface area contributed by atoms with E-state index in [0.29, 0.717) is 25.3 Å². The lowest BCUT2D eigenvalue weighted by atomic mass is 9.86. The van der Waals surface area contributed by atoms with Gasteiger partial charge in [-0.2, -0.15) is 0 Å². The smallest absolute Gasteiger partial charge is 0.313 e. The molecular formula is C32H60N4O4. The zero-order valence-corrected chi connectivity index (χ0v) is 27.8. The summed E-state index contributed by atoms with van der Waals surface area (Å²) >= 11 is 0. The van der Waals surface area contributed by atoms with E-state index in [0.717, 1.165) is 0 Å². The Morgan fingerprint density at radius 3 is 1.20 bits per heavy atom. The topological polar surface area (TPSA) is 64.6 Å². The normalized spacial score (nSPS) is 38.9. The van der Waals surface area contributed by atoms with Crippen molar-refractivity contribution in [3.05, 3.63) is 0 Å². The molecule has 40 heavy (non-hydrogen) atoms. The van der Waals surface area contributed by atoms with E-state index in [1.54, 1.807) is 0 Å². The molecule has 8 heteroatoms. The Morgan fingerprint density at radius 1 is 0.600 bits per heavy atom. The van der Waals surface area contributed by atoms with Gasteiger partial charge >= 0.3 is 11.9 Å². The molecule has 10 atom stereocenters. The number of hydrogen-bond acceptors (Lipinski definition) is 8. The van der Waals surface area contributed by atoms with Crippen LogP contribution in [0.15, 0.2) is 0 Å². The molecule has 4 rings (SSSR count). The van der Waals surface area contributed by atoms with Gasteiger partial charge in [-0.15, -0.1) is 0 Å². The molecule has 0 N–H and O–H groups in total. The van der Waals surface area contributed by atoms with Crippen LogP contribution in [0.5, 0.6) is 0 Å². The maximum absolute atomic E-state index is 12.2. The molecule has 4 fully saturated rings. The molecule has 4 aliphatic heterocycles. The lowest BCUT2D eigenvalue weighted by Gasteiger charge is -2.21. The van der Waals surface area contributed by atoms with Gasteiger partial charge in [0.05, 0.1) is 36.1 Å². The first-order valence-corrected chi connectivity index (χ1v) is 16.0. The third kappa shape index (κ3) is 5.24. The maximum Gasteiger partial charge on any atom is 0.313 e. The Labute approximate surface area is 245 Å². The van der Waals surface area contributed by atoms with Crippen molar-refractivity contribution in [1.82, 2.24) is 19.6 Å². The fourth-order valence-corrected chi connectivity index (χ4v) is 8.43. The Kier molecular flexibility index (Phi) is 10.1. The summed E-state index contributed by atoms with van der Waals surface area (Å²) in [6.45, 7) is 17.2. The predicted molar refractivity (Wildman–Crippen MR) is 161 cm³/mol. The van der Waals surface area contributed by atoms with Crippen molar-refractivity contribution in [1.29, 1.82) is 0 Å². The van der Waals surface area contributed by atoms with E-state index in [1.807, 2.05) is 41.5 Å². The molecule has 4 unspecified atom stereocenters. The second kappa shape index (κ2) is 12.2. The van der Waals surface area contributed by atoms with Gasteiger partial charge in [-0.05, 0) is 82.6 Å². The Bertz CT molecular complexity index is 837. The van der Waals surface area contributed by atoms with Gasteiger partial charge in [-0.1, -0.05) is 52.4 Å². The highest BCUT2D eigenvalue weighted by Gasteiger charge is 2.84. The molecule has 232 valence electrons. The summed E-state index contributed by atoms with van der Waals surface area (Å²) in [4.78, 5) is 34.0. The summed E-state index contributed by atoms with van der Waals surface area (Å²) in [6, 6.07) is 1.78. The number of nitrogens with zero attached hydrogens (tertiary/aromatic N) is 4. The summed E-state index contributed by atoms with van der Waals surface area (Å²) in [5.74, 6) is -0.136. The molecule has 0 bridgehead atoms. The fourth-order valence-electron chi connectivity index (χ4n) is 8.43. The number of carbonyl (C=O) groups is 2. The number of unbranched alkanes of at least 4 members (excludes halogenated alkanes) is 4. The first-order valence-electron chi connectivity index (χ1n) is 16.0. The summed E-state index contributed by atoms with van der Waals surface area (Å²) in [7, 11) is 8.66. The molecule has 0 amide bonds. The van der Waals surface area contributed by atoms with Gasteiger partial charge in [0.25, 0.3) is 0 Å². The average Bonchev–Trinajstić information content (AvgIpc) is 3.85. The molecule has 4 aliphatic rings. The minimum absolute atomic E-state index is 0.0682. The van der Waals surface area contributed by atoms with Crippen molar-refractivity contribution in [2.75, 3.05) is 41.4 Å². The standard InChI is InChI=1S/2C16H30N2O2/c2*1-7-9-10-11-12-16(17(12)5)13(18(16)6)15(3,4)14(19)20-8-2/h2*12-13H,7-11H2,1-6H3/t12-,13+,16-,17?,18?;12-,13-,16-,17?,18?/m00/s1. The Morgan fingerprint density at radius 2 is 0.925 bits per heavy atom. The van der Waals surface area contributed by atoms with Crippen molar-refractivity contribution in [2.45, 2.75) is 142 Å². The lowest BCUT2D eigenvalue weighted by Crippen LogP contribution is -2.35. The minimum Gasteiger partial charge on any atom is -0.466 e. The lowest BCUT2D eigenvalue weighted by molar-refractivity contribution is -0.154. The first-order chi connectivity index (χ1) is 18.7. The van der Waals surface area contributed by atoms with Crippen molar-refractivity contribution < 1.29 is 19.1 Å². The van der Waals surface area contributed by atoms with E-state index in [4.69, 9.17) is 9.47 Å². The SMILES string of the molecule is CCCCC[C@@H]1N(C)[C@@]12[C@@H](C(C)(C)C(=O)OCC)N2C.CCCCC[C@@H]1N(C)[C@@]12[C@H](C(C)(C)C(=O)OCC)N2C. The number of rotatable bonds is 14. The van der Waals surface area contributed by atoms with Crippen LogP contribution in [0.1, 0.15) is 107 Å². The van der Waals surface area contributed by atoms with E-state index in [1.165, 1.54) is 51.4 Å². The molecular weight excluding hydrogens is 504 g/mol. The predicted octanol–water partition coefficient (Wildman–Crippen LogP) is 4.96. The number of esters is 2. The highest BCUT2D eigenvalue weighted by molar-refractivity contribution is 5.79. The van der Waals surface area contributed by atoms with E-state index < -0.39 is 10.8 Å². The van der Waals surface area contributed by atoms with E-state index in [9.17, 15) is 9.59 Å². The van der Waals surface area contributed by atoms with E-state index in [2.05, 4.69) is 61.6 Å². The molecule has 0 radical (unpaired) electrons. The second-order valence-electron chi connectivity index (χ2n) is 13.7. The van der Waals surface area contributed by atoms with Crippen molar-refractivity contribution in [3.63, 3.8) is 0 Å². The van der Waals surface area contributed by atoms with Crippen molar-refractivity contribution in [3.8, 4) is 0 Å². The molecule has 8 nitrogen and oxygen atoms in total. The third-order valence-corrected chi connectivity index (χ3v) is 10.6. The number of ether oxygens (including phenoxy) is 2. The first kappa shape index (κ1) is 33.3. The summed E-state index contributed by atoms with van der Waals surface area (Å²) in [6.07, 6.45) is 10.2. The van der Waals surface area contributed by atoms with Gasteiger partial charge in [0, 0.05) is 12.1 Å². The highest BCUT2D eigenvalue weighted by Crippen LogP contribution is 2.66. The number of carbonyl (C=O) groups excluding carboxylic acids is 2. The maximum atomic E-state index is 12.2. The van der Waals surface area contributed by atoms with E-state index in [-0.39, 0.29) is 35.3 Å². The van der Waals surface area contributed by atoms with Gasteiger partial charge in [0.1, 0.15) is 11.3 Å². The zero-order valence-electron chi connectivity index (χ0n) is 27.8. The molecule has 0 saturated carbocycles. The van der Waals surface area contributed by atoms with E-state index >= 15 is 0 Å². The third-order valence-electron chi connectivity index (χ3n) is 10.6. The highest BCUT2D eigenvalue weighted by atomic mass is 16.5. The fraction of sp³-hybridized carbons (Fsp3) is 0.938. The number of likely N-dealkylation sites (N-methyl/N-ethyl adjacent to an activating group) is 4. The van der Waals surface area contributed by atoms with Gasteiger partial charge in [-0.3, -0.25) is 29.2 Å². The zero-order chi connectivity index (χ0) is 30.3. The van der Waals surface area contributed by atoms with Crippen LogP contribution in [0.3, 0.4) is 0 Å².